The number of aryl methyl sites for hydroxylation is 1. The summed E-state index contributed by atoms with van der Waals surface area (Å²) in [6, 6.07) is 13.6. The third-order valence-electron chi connectivity index (χ3n) is 3.69. The van der Waals surface area contributed by atoms with Crippen LogP contribution in [0.5, 0.6) is 0 Å². The van der Waals surface area contributed by atoms with Gasteiger partial charge >= 0.3 is 0 Å². The van der Waals surface area contributed by atoms with Gasteiger partial charge in [0.1, 0.15) is 0 Å². The van der Waals surface area contributed by atoms with Crippen LogP contribution in [0.3, 0.4) is 0 Å². The molecule has 3 aromatic rings. The number of halogens is 3. The maximum atomic E-state index is 12.2. The van der Waals surface area contributed by atoms with Crippen molar-refractivity contribution in [1.82, 2.24) is 20.1 Å². The predicted molar refractivity (Wildman–Crippen MR) is 99.5 cm³/mol. The Morgan fingerprint density at radius 2 is 1.81 bits per heavy atom. The summed E-state index contributed by atoms with van der Waals surface area (Å²) in [7, 11) is 1.75. The molecule has 0 atom stereocenters. The molecule has 27 heavy (non-hydrogen) atoms. The van der Waals surface area contributed by atoms with E-state index in [2.05, 4.69) is 20.7 Å². The molecule has 0 spiro atoms. The van der Waals surface area contributed by atoms with Gasteiger partial charge in [0.25, 0.3) is 12.3 Å². The van der Waals surface area contributed by atoms with Crippen LogP contribution in [0.25, 0.3) is 11.4 Å². The largest absolute Gasteiger partial charge is 0.346 e. The van der Waals surface area contributed by atoms with Crippen LogP contribution in [-0.4, -0.2) is 33.6 Å². The number of nitrogens with zero attached hydrogens (tertiary/aromatic N) is 3. The third kappa shape index (κ3) is 4.79. The first-order valence-corrected chi connectivity index (χ1v) is 8.40. The molecule has 0 aliphatic rings. The summed E-state index contributed by atoms with van der Waals surface area (Å²) in [5.74, 6) is 0.445. The van der Waals surface area contributed by atoms with E-state index in [4.69, 9.17) is 11.6 Å². The molecule has 0 bridgehead atoms. The number of nitrogens with one attached hydrogen (secondary N) is 2. The molecule has 3 rings (SSSR count). The first-order valence-electron chi connectivity index (χ1n) is 8.03. The summed E-state index contributed by atoms with van der Waals surface area (Å²) in [5.41, 5.74) is 1.79. The van der Waals surface area contributed by atoms with E-state index in [0.29, 0.717) is 22.4 Å². The lowest BCUT2D eigenvalue weighted by Crippen LogP contribution is -2.28. The second-order valence-electron chi connectivity index (χ2n) is 5.69. The van der Waals surface area contributed by atoms with Gasteiger partial charge in [0, 0.05) is 28.9 Å². The molecule has 0 aliphatic heterocycles. The third-order valence-corrected chi connectivity index (χ3v) is 3.94. The van der Waals surface area contributed by atoms with E-state index < -0.39 is 18.9 Å². The quantitative estimate of drug-likeness (QED) is 0.669. The number of rotatable bonds is 6. The van der Waals surface area contributed by atoms with Gasteiger partial charge in [-0.25, -0.2) is 13.5 Å². The Hall–Kier alpha value is -3.00. The number of carbonyl (C=O) groups excluding carboxylic acids is 1. The van der Waals surface area contributed by atoms with E-state index >= 15 is 0 Å². The maximum absolute atomic E-state index is 12.2. The Labute approximate surface area is 159 Å². The second-order valence-corrected chi connectivity index (χ2v) is 6.13. The minimum absolute atomic E-state index is 0.287. The molecule has 1 heterocycles. The molecule has 1 aromatic heterocycles. The van der Waals surface area contributed by atoms with Crippen LogP contribution in [-0.2, 0) is 7.05 Å². The van der Waals surface area contributed by atoms with Gasteiger partial charge in [-0.2, -0.15) is 4.98 Å². The topological polar surface area (TPSA) is 71.8 Å². The summed E-state index contributed by atoms with van der Waals surface area (Å²) < 4.78 is 25.9. The minimum Gasteiger partial charge on any atom is -0.346 e. The fourth-order valence-corrected chi connectivity index (χ4v) is 2.45. The van der Waals surface area contributed by atoms with Crippen molar-refractivity contribution < 1.29 is 13.6 Å². The normalized spacial score (nSPS) is 10.9. The van der Waals surface area contributed by atoms with Crippen LogP contribution in [0.1, 0.15) is 10.4 Å². The van der Waals surface area contributed by atoms with E-state index in [1.54, 1.807) is 48.1 Å². The fraction of sp³-hybridized carbons (Fsp3) is 0.167. The van der Waals surface area contributed by atoms with E-state index in [1.807, 2.05) is 12.1 Å². The summed E-state index contributed by atoms with van der Waals surface area (Å²) in [5, 5.41) is 10.3. The zero-order valence-corrected chi connectivity index (χ0v) is 15.0. The number of aromatic nitrogens is 3. The zero-order valence-electron chi connectivity index (χ0n) is 14.3. The number of carbonyl (C=O) groups is 1. The number of amides is 1. The predicted octanol–water partition coefficient (Wildman–Crippen LogP) is 3.87. The molecular formula is C18H16ClF2N5O. The Morgan fingerprint density at radius 1 is 1.15 bits per heavy atom. The van der Waals surface area contributed by atoms with Crippen molar-refractivity contribution in [1.29, 1.82) is 0 Å². The molecule has 0 aliphatic carbocycles. The molecule has 9 heteroatoms. The Morgan fingerprint density at radius 3 is 2.44 bits per heavy atom. The van der Waals surface area contributed by atoms with Crippen LogP contribution in [0, 0.1) is 0 Å². The van der Waals surface area contributed by atoms with Gasteiger partial charge in [-0.1, -0.05) is 23.7 Å². The molecule has 0 unspecified atom stereocenters. The van der Waals surface area contributed by atoms with Gasteiger partial charge < -0.3 is 10.6 Å². The van der Waals surface area contributed by atoms with E-state index in [0.717, 1.165) is 5.69 Å². The van der Waals surface area contributed by atoms with Crippen LogP contribution >= 0.6 is 11.6 Å². The van der Waals surface area contributed by atoms with Crippen LogP contribution in [0.15, 0.2) is 48.5 Å². The first kappa shape index (κ1) is 18.8. The van der Waals surface area contributed by atoms with Gasteiger partial charge in [-0.3, -0.25) is 4.79 Å². The summed E-state index contributed by atoms with van der Waals surface area (Å²) in [6.07, 6.45) is -2.59. The smallest absolute Gasteiger partial charge is 0.255 e. The van der Waals surface area contributed by atoms with Crippen LogP contribution in [0.2, 0.25) is 5.02 Å². The molecule has 140 valence electrons. The molecule has 6 nitrogen and oxygen atoms in total. The number of hydrogen-bond acceptors (Lipinski definition) is 4. The van der Waals surface area contributed by atoms with Crippen molar-refractivity contribution in [3.63, 3.8) is 0 Å². The average Bonchev–Trinajstić information content (AvgIpc) is 3.02. The summed E-state index contributed by atoms with van der Waals surface area (Å²) >= 11 is 5.87. The lowest BCUT2D eigenvalue weighted by Gasteiger charge is -2.04. The zero-order chi connectivity index (χ0) is 19.4. The minimum atomic E-state index is -2.59. The number of alkyl halides is 2. The van der Waals surface area contributed by atoms with E-state index in [1.165, 1.54) is 0 Å². The van der Waals surface area contributed by atoms with Crippen molar-refractivity contribution in [3.8, 4) is 11.4 Å². The maximum Gasteiger partial charge on any atom is 0.255 e. The number of benzene rings is 2. The fourth-order valence-electron chi connectivity index (χ4n) is 2.32. The highest BCUT2D eigenvalue weighted by Crippen LogP contribution is 2.21. The van der Waals surface area contributed by atoms with E-state index in [-0.39, 0.29) is 5.56 Å². The molecule has 0 saturated carbocycles. The average molecular weight is 392 g/mol. The van der Waals surface area contributed by atoms with Crippen LogP contribution < -0.4 is 10.6 Å². The van der Waals surface area contributed by atoms with Crippen molar-refractivity contribution in [3.05, 3.63) is 59.1 Å². The number of hydrogen-bond donors (Lipinski definition) is 2. The molecular weight excluding hydrogens is 376 g/mol. The van der Waals surface area contributed by atoms with Gasteiger partial charge in [-0.05, 0) is 36.4 Å². The molecule has 0 saturated heterocycles. The van der Waals surface area contributed by atoms with Crippen molar-refractivity contribution >= 4 is 29.1 Å². The highest BCUT2D eigenvalue weighted by Gasteiger charge is 2.12. The molecule has 2 aromatic carbocycles. The van der Waals surface area contributed by atoms with Gasteiger partial charge in [0.05, 0.1) is 6.54 Å². The van der Waals surface area contributed by atoms with Crippen molar-refractivity contribution in [2.24, 2.45) is 7.05 Å². The Kier molecular flexibility index (Phi) is 5.66. The standard InChI is InChI=1S/C18H16ClF2N5O/c1-26-18(23-14-8-6-13(19)7-9-14)24-16(25-26)11-2-4-12(5-3-11)17(27)22-10-15(20)21/h2-9,15H,10H2,1H3,(H,22,27)(H,23,24,25). The SMILES string of the molecule is Cn1nc(-c2ccc(C(=O)NCC(F)F)cc2)nc1Nc1ccc(Cl)cc1. The Balaban J connectivity index is 1.73. The van der Waals surface area contributed by atoms with Gasteiger partial charge in [0.2, 0.25) is 5.95 Å². The lowest BCUT2D eigenvalue weighted by atomic mass is 10.1. The molecule has 0 fully saturated rings. The first-order chi connectivity index (χ1) is 12.9. The van der Waals surface area contributed by atoms with Crippen molar-refractivity contribution in [2.45, 2.75) is 6.43 Å². The highest BCUT2D eigenvalue weighted by molar-refractivity contribution is 6.30. The lowest BCUT2D eigenvalue weighted by molar-refractivity contribution is 0.0891. The Bertz CT molecular complexity index is 926. The molecule has 2 N–H and O–H groups in total. The highest BCUT2D eigenvalue weighted by atomic mass is 35.5. The molecule has 1 amide bonds. The van der Waals surface area contributed by atoms with Gasteiger partial charge in [0.15, 0.2) is 5.82 Å². The second kappa shape index (κ2) is 8.13. The van der Waals surface area contributed by atoms with Crippen molar-refractivity contribution in [2.75, 3.05) is 11.9 Å². The van der Waals surface area contributed by atoms with Crippen LogP contribution in [0.4, 0.5) is 20.4 Å². The van der Waals surface area contributed by atoms with Gasteiger partial charge in [-0.15, -0.1) is 5.10 Å². The number of anilines is 2. The van der Waals surface area contributed by atoms with E-state index in [9.17, 15) is 13.6 Å². The summed E-state index contributed by atoms with van der Waals surface area (Å²) in [4.78, 5) is 16.2. The summed E-state index contributed by atoms with van der Waals surface area (Å²) in [6.45, 7) is -0.678. The monoisotopic (exact) mass is 391 g/mol. The molecule has 0 radical (unpaired) electrons.